The zero-order valence-corrected chi connectivity index (χ0v) is 13.7. The molecule has 2 aromatic heterocycles. The molecule has 4 rings (SSSR count). The lowest BCUT2D eigenvalue weighted by molar-refractivity contribution is 0.296. The summed E-state index contributed by atoms with van der Waals surface area (Å²) in [7, 11) is 0. The first-order chi connectivity index (χ1) is 10.7. The quantitative estimate of drug-likeness (QED) is 0.877. The van der Waals surface area contributed by atoms with Crippen molar-refractivity contribution in [3.63, 3.8) is 0 Å². The van der Waals surface area contributed by atoms with Crippen LogP contribution in [0.3, 0.4) is 0 Å². The summed E-state index contributed by atoms with van der Waals surface area (Å²) < 4.78 is 0. The Bertz CT molecular complexity index is 726. The number of aliphatic hydroxyl groups excluding tert-OH is 1. The molecule has 2 aliphatic rings. The summed E-state index contributed by atoms with van der Waals surface area (Å²) in [6.45, 7) is 0.465. The van der Waals surface area contributed by atoms with Crippen molar-refractivity contribution in [3.8, 4) is 10.6 Å². The van der Waals surface area contributed by atoms with Gasteiger partial charge in [-0.2, -0.15) is 0 Å². The lowest BCUT2D eigenvalue weighted by atomic mass is 10.2. The molecule has 1 aliphatic heterocycles. The average Bonchev–Trinajstić information content (AvgIpc) is 3.26. The lowest BCUT2D eigenvalue weighted by Gasteiger charge is -2.25. The SMILES string of the molecule is N=C1C(c2nc(-c3cccs3)cs2)=C(O)CN1C1CCCC1. The fourth-order valence-corrected chi connectivity index (χ4v) is 4.93. The molecule has 0 amide bonds. The summed E-state index contributed by atoms with van der Waals surface area (Å²) in [5.74, 6) is 0.737. The maximum absolute atomic E-state index is 10.3. The van der Waals surface area contributed by atoms with Crippen molar-refractivity contribution in [2.75, 3.05) is 6.54 Å². The Hall–Kier alpha value is -1.66. The van der Waals surface area contributed by atoms with Gasteiger partial charge in [0.05, 0.1) is 22.7 Å². The number of nitrogens with zero attached hydrogens (tertiary/aromatic N) is 2. The van der Waals surface area contributed by atoms with Crippen LogP contribution >= 0.6 is 22.7 Å². The molecule has 0 radical (unpaired) electrons. The van der Waals surface area contributed by atoms with Crippen LogP contribution < -0.4 is 0 Å². The minimum absolute atomic E-state index is 0.295. The zero-order chi connectivity index (χ0) is 15.1. The molecule has 0 aromatic carbocycles. The Labute approximate surface area is 137 Å². The van der Waals surface area contributed by atoms with Gasteiger partial charge in [-0.1, -0.05) is 18.9 Å². The highest BCUT2D eigenvalue weighted by Gasteiger charge is 2.35. The van der Waals surface area contributed by atoms with E-state index in [9.17, 15) is 5.11 Å². The molecule has 0 bridgehead atoms. The monoisotopic (exact) mass is 331 g/mol. The largest absolute Gasteiger partial charge is 0.510 e. The smallest absolute Gasteiger partial charge is 0.135 e. The van der Waals surface area contributed by atoms with Crippen molar-refractivity contribution >= 4 is 34.1 Å². The third kappa shape index (κ3) is 2.27. The van der Waals surface area contributed by atoms with E-state index in [2.05, 4.69) is 4.98 Å². The van der Waals surface area contributed by atoms with Crippen LogP contribution in [0.2, 0.25) is 0 Å². The lowest BCUT2D eigenvalue weighted by Crippen LogP contribution is -2.35. The highest BCUT2D eigenvalue weighted by atomic mass is 32.1. The van der Waals surface area contributed by atoms with Gasteiger partial charge in [0.2, 0.25) is 0 Å². The predicted molar refractivity (Wildman–Crippen MR) is 91.7 cm³/mol. The van der Waals surface area contributed by atoms with Gasteiger partial charge < -0.3 is 10.0 Å². The van der Waals surface area contributed by atoms with Crippen molar-refractivity contribution in [1.82, 2.24) is 9.88 Å². The molecule has 0 saturated heterocycles. The summed E-state index contributed by atoms with van der Waals surface area (Å²) >= 11 is 3.16. The fourth-order valence-electron chi connectivity index (χ4n) is 3.28. The Morgan fingerprint density at radius 1 is 1.27 bits per heavy atom. The molecule has 22 heavy (non-hydrogen) atoms. The minimum Gasteiger partial charge on any atom is -0.510 e. The van der Waals surface area contributed by atoms with Gasteiger partial charge in [0.15, 0.2) is 0 Å². The Morgan fingerprint density at radius 3 is 2.82 bits per heavy atom. The normalized spacial score (nSPS) is 19.6. The Morgan fingerprint density at radius 2 is 2.09 bits per heavy atom. The van der Waals surface area contributed by atoms with Gasteiger partial charge in [0.1, 0.15) is 16.6 Å². The van der Waals surface area contributed by atoms with Gasteiger partial charge in [-0.25, -0.2) is 4.98 Å². The maximum atomic E-state index is 10.3. The zero-order valence-electron chi connectivity index (χ0n) is 12.1. The third-order valence-corrected chi connectivity index (χ3v) is 6.14. The number of hydrogen-bond acceptors (Lipinski definition) is 5. The first-order valence-electron chi connectivity index (χ1n) is 7.51. The third-order valence-electron chi connectivity index (χ3n) is 4.39. The van der Waals surface area contributed by atoms with Crippen molar-refractivity contribution in [2.45, 2.75) is 31.7 Å². The second-order valence-corrected chi connectivity index (χ2v) is 7.56. The summed E-state index contributed by atoms with van der Waals surface area (Å²) in [6.07, 6.45) is 4.71. The van der Waals surface area contributed by atoms with Gasteiger partial charge in [-0.15, -0.1) is 22.7 Å². The molecule has 4 nitrogen and oxygen atoms in total. The standard InChI is InChI=1S/C16H17N3OS2/c17-15-14(12(20)8-19(15)10-4-1-2-5-10)16-18-11(9-22-16)13-6-3-7-21-13/h3,6-7,9-10,17,20H,1-2,4-5,8H2. The van der Waals surface area contributed by atoms with E-state index >= 15 is 0 Å². The van der Waals surface area contributed by atoms with Crippen molar-refractivity contribution in [1.29, 1.82) is 5.41 Å². The molecule has 0 atom stereocenters. The molecule has 0 unspecified atom stereocenters. The van der Waals surface area contributed by atoms with E-state index in [1.807, 2.05) is 27.8 Å². The van der Waals surface area contributed by atoms with Crippen molar-refractivity contribution in [3.05, 3.63) is 33.7 Å². The highest BCUT2D eigenvalue weighted by Crippen LogP contribution is 2.36. The Kier molecular flexibility index (Phi) is 3.50. The molecule has 1 saturated carbocycles. The maximum Gasteiger partial charge on any atom is 0.135 e. The van der Waals surface area contributed by atoms with Crippen molar-refractivity contribution in [2.24, 2.45) is 0 Å². The van der Waals surface area contributed by atoms with Gasteiger partial charge in [0.25, 0.3) is 0 Å². The molecule has 2 aromatic rings. The number of nitrogens with one attached hydrogen (secondary N) is 1. The predicted octanol–water partition coefficient (Wildman–Crippen LogP) is 4.38. The van der Waals surface area contributed by atoms with Crippen LogP contribution in [-0.4, -0.2) is 33.4 Å². The van der Waals surface area contributed by atoms with E-state index < -0.39 is 0 Å². The van der Waals surface area contributed by atoms with E-state index in [1.54, 1.807) is 11.3 Å². The molecule has 114 valence electrons. The molecule has 6 heteroatoms. The molecule has 1 aliphatic carbocycles. The van der Waals surface area contributed by atoms with Gasteiger partial charge in [0, 0.05) is 11.4 Å². The molecular formula is C16H17N3OS2. The minimum atomic E-state index is 0.295. The number of thiophene rings is 1. The van der Waals surface area contributed by atoms with Crippen LogP contribution in [0.25, 0.3) is 16.1 Å². The summed E-state index contributed by atoms with van der Waals surface area (Å²) in [5, 5.41) is 23.6. The summed E-state index contributed by atoms with van der Waals surface area (Å²) in [6, 6.07) is 4.46. The fraction of sp³-hybridized carbons (Fsp3) is 0.375. The average molecular weight is 331 g/mol. The van der Waals surface area contributed by atoms with Crippen molar-refractivity contribution < 1.29 is 5.11 Å². The molecule has 1 fully saturated rings. The van der Waals surface area contributed by atoms with Gasteiger partial charge in [-0.3, -0.25) is 5.41 Å². The number of thiazole rings is 1. The van der Waals surface area contributed by atoms with E-state index in [1.165, 1.54) is 24.2 Å². The molecular weight excluding hydrogens is 314 g/mol. The van der Waals surface area contributed by atoms with Crippen LogP contribution in [0.5, 0.6) is 0 Å². The van der Waals surface area contributed by atoms with Crippen LogP contribution in [0.15, 0.2) is 28.7 Å². The first-order valence-corrected chi connectivity index (χ1v) is 9.27. The highest BCUT2D eigenvalue weighted by molar-refractivity contribution is 7.14. The topological polar surface area (TPSA) is 60.2 Å². The summed E-state index contributed by atoms with van der Waals surface area (Å²) in [5.41, 5.74) is 1.56. The Balaban J connectivity index is 1.62. The van der Waals surface area contributed by atoms with E-state index in [4.69, 9.17) is 5.41 Å². The van der Waals surface area contributed by atoms with Crippen LogP contribution in [-0.2, 0) is 0 Å². The first kappa shape index (κ1) is 14.0. The van der Waals surface area contributed by atoms with E-state index in [0.717, 1.165) is 28.4 Å². The molecule has 0 spiro atoms. The van der Waals surface area contributed by atoms with Crippen LogP contribution in [0.1, 0.15) is 30.7 Å². The summed E-state index contributed by atoms with van der Waals surface area (Å²) in [4.78, 5) is 7.81. The number of aliphatic hydroxyl groups is 1. The number of hydrogen-bond donors (Lipinski definition) is 2. The second kappa shape index (κ2) is 5.52. The molecule has 2 N–H and O–H groups in total. The molecule has 3 heterocycles. The number of aromatic nitrogens is 1. The van der Waals surface area contributed by atoms with E-state index in [-0.39, 0.29) is 0 Å². The number of amidine groups is 1. The second-order valence-electron chi connectivity index (χ2n) is 5.75. The number of rotatable bonds is 3. The van der Waals surface area contributed by atoms with Gasteiger partial charge >= 0.3 is 0 Å². The van der Waals surface area contributed by atoms with Crippen LogP contribution in [0.4, 0.5) is 0 Å². The van der Waals surface area contributed by atoms with Crippen LogP contribution in [0, 0.1) is 5.41 Å². The van der Waals surface area contributed by atoms with Gasteiger partial charge in [-0.05, 0) is 24.3 Å². The van der Waals surface area contributed by atoms with E-state index in [0.29, 0.717) is 29.8 Å².